The van der Waals surface area contributed by atoms with Gasteiger partial charge >= 0.3 is 0 Å². The van der Waals surface area contributed by atoms with Crippen LogP contribution < -0.4 is 5.32 Å². The minimum atomic E-state index is -0.408. The van der Waals surface area contributed by atoms with E-state index in [0.717, 1.165) is 21.5 Å². The number of benzene rings is 1. The first kappa shape index (κ1) is 15.8. The molecule has 1 N–H and O–H groups in total. The van der Waals surface area contributed by atoms with E-state index in [-0.39, 0.29) is 5.76 Å². The van der Waals surface area contributed by atoms with Crippen LogP contribution in [0.1, 0.15) is 21.8 Å². The Morgan fingerprint density at radius 3 is 2.88 bits per heavy atom. The molecule has 7 nitrogen and oxygen atoms in total. The smallest absolute Gasteiger partial charge is 0.295 e. The number of thiazole rings is 1. The molecule has 0 fully saturated rings. The van der Waals surface area contributed by atoms with Crippen LogP contribution in [-0.4, -0.2) is 25.8 Å². The first-order chi connectivity index (χ1) is 12.0. The summed E-state index contributed by atoms with van der Waals surface area (Å²) in [6, 6.07) is 7.02. The maximum Gasteiger partial charge on any atom is 0.295 e. The third-order valence-corrected chi connectivity index (χ3v) is 5.09. The fourth-order valence-electron chi connectivity index (χ4n) is 2.43. The fraction of sp³-hybridized carbons (Fsp3) is 0.125. The number of rotatable bonds is 3. The molecule has 0 saturated heterocycles. The molecule has 3 heterocycles. The number of carbonyl (C=O) groups excluding carboxylic acids is 1. The number of aryl methyl sites for hydroxylation is 2. The van der Waals surface area contributed by atoms with Crippen molar-refractivity contribution >= 4 is 44.9 Å². The van der Waals surface area contributed by atoms with Crippen molar-refractivity contribution in [2.24, 2.45) is 0 Å². The zero-order valence-electron chi connectivity index (χ0n) is 13.3. The lowest BCUT2D eigenvalue weighted by atomic mass is 10.2. The summed E-state index contributed by atoms with van der Waals surface area (Å²) in [6.07, 6.45) is 1.41. The van der Waals surface area contributed by atoms with Gasteiger partial charge in [-0.2, -0.15) is 9.78 Å². The van der Waals surface area contributed by atoms with Crippen molar-refractivity contribution in [2.45, 2.75) is 13.8 Å². The number of aromatic nitrogens is 4. The van der Waals surface area contributed by atoms with Crippen LogP contribution >= 0.6 is 22.9 Å². The van der Waals surface area contributed by atoms with Crippen molar-refractivity contribution in [3.05, 3.63) is 52.5 Å². The average Bonchev–Trinajstić information content (AvgIpc) is 3.30. The van der Waals surface area contributed by atoms with Gasteiger partial charge < -0.3 is 9.84 Å². The third kappa shape index (κ3) is 2.79. The Kier molecular flexibility index (Phi) is 3.78. The molecular weight excluding hydrogens is 362 g/mol. The van der Waals surface area contributed by atoms with Crippen LogP contribution in [0.5, 0.6) is 0 Å². The molecule has 1 aromatic carbocycles. The highest BCUT2D eigenvalue weighted by Gasteiger charge is 2.18. The number of hydrogen-bond donors (Lipinski definition) is 1. The Morgan fingerprint density at radius 1 is 1.32 bits per heavy atom. The van der Waals surface area contributed by atoms with Gasteiger partial charge in [-0.05, 0) is 25.5 Å². The van der Waals surface area contributed by atoms with Gasteiger partial charge in [-0.1, -0.05) is 34.2 Å². The summed E-state index contributed by atoms with van der Waals surface area (Å²) in [7, 11) is 0. The zero-order valence-corrected chi connectivity index (χ0v) is 14.9. The molecular formula is C16H12ClN5O2S. The molecule has 9 heteroatoms. The Bertz CT molecular complexity index is 1040. The predicted molar refractivity (Wildman–Crippen MR) is 95.7 cm³/mol. The second-order valence-corrected chi connectivity index (χ2v) is 6.84. The predicted octanol–water partition coefficient (Wildman–Crippen LogP) is 3.99. The molecule has 25 heavy (non-hydrogen) atoms. The SMILES string of the molecule is Cc1cc(NC(=O)c2ccno2)n(-c2nc3c(C)ccc(Cl)c3s2)n1. The van der Waals surface area contributed by atoms with Crippen LogP contribution in [0.15, 0.2) is 35.0 Å². The fourth-order valence-corrected chi connectivity index (χ4v) is 3.71. The first-order valence-electron chi connectivity index (χ1n) is 7.37. The van der Waals surface area contributed by atoms with Gasteiger partial charge in [0.1, 0.15) is 5.82 Å². The summed E-state index contributed by atoms with van der Waals surface area (Å²) in [5, 5.41) is 12.0. The molecule has 0 unspecified atom stereocenters. The Labute approximate surface area is 151 Å². The van der Waals surface area contributed by atoms with Gasteiger partial charge in [-0.25, -0.2) is 4.98 Å². The summed E-state index contributed by atoms with van der Waals surface area (Å²) >= 11 is 7.69. The lowest BCUT2D eigenvalue weighted by molar-refractivity contribution is 0.0987. The van der Waals surface area contributed by atoms with Crippen molar-refractivity contribution in [2.75, 3.05) is 5.32 Å². The topological polar surface area (TPSA) is 85.8 Å². The highest BCUT2D eigenvalue weighted by molar-refractivity contribution is 7.21. The van der Waals surface area contributed by atoms with Crippen molar-refractivity contribution in [1.29, 1.82) is 0 Å². The molecule has 4 rings (SSSR count). The number of hydrogen-bond acceptors (Lipinski definition) is 6. The highest BCUT2D eigenvalue weighted by atomic mass is 35.5. The average molecular weight is 374 g/mol. The summed E-state index contributed by atoms with van der Waals surface area (Å²) in [5.41, 5.74) is 2.60. The molecule has 4 aromatic rings. The second kappa shape index (κ2) is 5.98. The number of halogens is 1. The van der Waals surface area contributed by atoms with Gasteiger partial charge in [0, 0.05) is 12.1 Å². The maximum atomic E-state index is 12.2. The normalized spacial score (nSPS) is 11.2. The van der Waals surface area contributed by atoms with E-state index in [1.807, 2.05) is 26.0 Å². The largest absolute Gasteiger partial charge is 0.351 e. The Morgan fingerprint density at radius 2 is 2.16 bits per heavy atom. The van der Waals surface area contributed by atoms with Crippen LogP contribution in [0.2, 0.25) is 5.02 Å². The van der Waals surface area contributed by atoms with E-state index in [9.17, 15) is 4.79 Å². The third-order valence-electron chi connectivity index (χ3n) is 3.60. The standard InChI is InChI=1S/C16H12ClN5O2S/c1-8-3-4-10(17)14-13(8)20-16(25-14)22-12(7-9(2)21-22)19-15(23)11-5-6-18-24-11/h3-7H,1-2H3,(H,19,23). The van der Waals surface area contributed by atoms with Gasteiger partial charge in [0.25, 0.3) is 5.91 Å². The number of nitrogens with zero attached hydrogens (tertiary/aromatic N) is 4. The molecule has 0 spiro atoms. The minimum Gasteiger partial charge on any atom is -0.351 e. The first-order valence-corrected chi connectivity index (χ1v) is 8.57. The second-order valence-electron chi connectivity index (χ2n) is 5.45. The molecule has 3 aromatic heterocycles. The van der Waals surface area contributed by atoms with Crippen LogP contribution in [0.4, 0.5) is 5.82 Å². The van der Waals surface area contributed by atoms with Crippen molar-refractivity contribution in [3.63, 3.8) is 0 Å². The number of fused-ring (bicyclic) bond motifs is 1. The summed E-state index contributed by atoms with van der Waals surface area (Å²) < 4.78 is 7.35. The zero-order chi connectivity index (χ0) is 17.6. The lowest BCUT2D eigenvalue weighted by Crippen LogP contribution is -2.14. The number of carbonyl (C=O) groups is 1. The number of amides is 1. The molecule has 1 amide bonds. The quantitative estimate of drug-likeness (QED) is 0.586. The van der Waals surface area contributed by atoms with E-state index in [2.05, 4.69) is 20.6 Å². The molecule has 126 valence electrons. The van der Waals surface area contributed by atoms with Gasteiger partial charge in [0.15, 0.2) is 0 Å². The van der Waals surface area contributed by atoms with Crippen molar-refractivity contribution < 1.29 is 9.32 Å². The lowest BCUT2D eigenvalue weighted by Gasteiger charge is -2.04. The van der Waals surface area contributed by atoms with Crippen molar-refractivity contribution in [1.82, 2.24) is 19.9 Å². The number of anilines is 1. The maximum absolute atomic E-state index is 12.2. The molecule has 0 aliphatic heterocycles. The van der Waals surface area contributed by atoms with Gasteiger partial charge in [0.05, 0.1) is 27.1 Å². The molecule has 0 radical (unpaired) electrons. The van der Waals surface area contributed by atoms with Gasteiger partial charge in [0.2, 0.25) is 10.9 Å². The Hall–Kier alpha value is -2.71. The molecule has 0 aliphatic rings. The van der Waals surface area contributed by atoms with E-state index < -0.39 is 5.91 Å². The van der Waals surface area contributed by atoms with Crippen LogP contribution in [0.3, 0.4) is 0 Å². The Balaban J connectivity index is 1.77. The van der Waals surface area contributed by atoms with Crippen LogP contribution in [0, 0.1) is 13.8 Å². The van der Waals surface area contributed by atoms with Gasteiger partial charge in [-0.15, -0.1) is 0 Å². The van der Waals surface area contributed by atoms with Crippen LogP contribution in [-0.2, 0) is 0 Å². The van der Waals surface area contributed by atoms with E-state index in [1.165, 1.54) is 23.6 Å². The van der Waals surface area contributed by atoms with E-state index in [0.29, 0.717) is 16.0 Å². The summed E-state index contributed by atoms with van der Waals surface area (Å²) in [6.45, 7) is 3.81. The molecule has 0 saturated carbocycles. The monoisotopic (exact) mass is 373 g/mol. The van der Waals surface area contributed by atoms with E-state index in [1.54, 1.807) is 10.7 Å². The minimum absolute atomic E-state index is 0.119. The van der Waals surface area contributed by atoms with Crippen molar-refractivity contribution in [3.8, 4) is 5.13 Å². The number of nitrogens with one attached hydrogen (secondary N) is 1. The van der Waals surface area contributed by atoms with E-state index in [4.69, 9.17) is 16.1 Å². The molecule has 0 bridgehead atoms. The molecule has 0 aliphatic carbocycles. The van der Waals surface area contributed by atoms with E-state index >= 15 is 0 Å². The summed E-state index contributed by atoms with van der Waals surface area (Å²) in [5.74, 6) is 0.203. The molecule has 0 atom stereocenters. The summed E-state index contributed by atoms with van der Waals surface area (Å²) in [4.78, 5) is 16.9. The van der Waals surface area contributed by atoms with Crippen LogP contribution in [0.25, 0.3) is 15.3 Å². The van der Waals surface area contributed by atoms with Gasteiger partial charge in [-0.3, -0.25) is 4.79 Å². The highest BCUT2D eigenvalue weighted by Crippen LogP contribution is 2.34.